The first-order valence-corrected chi connectivity index (χ1v) is 9.20. The molecule has 1 aliphatic rings. The highest BCUT2D eigenvalue weighted by Gasteiger charge is 2.33. The molecule has 1 atom stereocenters. The van der Waals surface area contributed by atoms with Gasteiger partial charge in [0.15, 0.2) is 5.96 Å². The monoisotopic (exact) mass is 326 g/mol. The van der Waals surface area contributed by atoms with Crippen molar-refractivity contribution in [1.82, 2.24) is 15.5 Å². The largest absolute Gasteiger partial charge is 0.385 e. The minimum Gasteiger partial charge on any atom is -0.385 e. The van der Waals surface area contributed by atoms with Crippen molar-refractivity contribution in [2.45, 2.75) is 58.4 Å². The van der Waals surface area contributed by atoms with E-state index in [0.717, 1.165) is 38.6 Å². The second-order valence-electron chi connectivity index (χ2n) is 7.04. The molecule has 1 aliphatic carbocycles. The standard InChI is InChI=1S/C18H38N4O/c1-6-16(2)22(4)13-12-20-17(19-3)21-15-18(11-14-23-5)9-7-8-10-18/h16H,6-15H2,1-5H3,(H2,19,20,21). The summed E-state index contributed by atoms with van der Waals surface area (Å²) in [6, 6.07) is 0.627. The predicted octanol–water partition coefficient (Wildman–Crippen LogP) is 2.48. The summed E-state index contributed by atoms with van der Waals surface area (Å²) in [5, 5.41) is 6.99. The van der Waals surface area contributed by atoms with Gasteiger partial charge >= 0.3 is 0 Å². The summed E-state index contributed by atoms with van der Waals surface area (Å²) in [5.74, 6) is 0.922. The average Bonchev–Trinajstić information content (AvgIpc) is 3.04. The molecule has 1 rings (SSSR count). The van der Waals surface area contributed by atoms with E-state index in [1.807, 2.05) is 7.05 Å². The van der Waals surface area contributed by atoms with E-state index in [-0.39, 0.29) is 0 Å². The van der Waals surface area contributed by atoms with Gasteiger partial charge in [-0.25, -0.2) is 0 Å². The molecule has 1 saturated carbocycles. The van der Waals surface area contributed by atoms with Crippen molar-refractivity contribution in [1.29, 1.82) is 0 Å². The van der Waals surface area contributed by atoms with E-state index < -0.39 is 0 Å². The van der Waals surface area contributed by atoms with E-state index in [1.165, 1.54) is 32.1 Å². The van der Waals surface area contributed by atoms with Crippen LogP contribution in [0.5, 0.6) is 0 Å². The molecule has 0 saturated heterocycles. The van der Waals surface area contributed by atoms with Crippen LogP contribution in [0.15, 0.2) is 4.99 Å². The fraction of sp³-hybridized carbons (Fsp3) is 0.944. The number of ether oxygens (including phenoxy) is 1. The Morgan fingerprint density at radius 1 is 1.30 bits per heavy atom. The third kappa shape index (κ3) is 7.08. The molecule has 0 heterocycles. The molecule has 0 radical (unpaired) electrons. The van der Waals surface area contributed by atoms with Gasteiger partial charge in [0.05, 0.1) is 0 Å². The fourth-order valence-electron chi connectivity index (χ4n) is 3.33. The van der Waals surface area contributed by atoms with Crippen molar-refractivity contribution >= 4 is 5.96 Å². The van der Waals surface area contributed by atoms with Crippen LogP contribution in [0.25, 0.3) is 0 Å². The number of likely N-dealkylation sites (N-methyl/N-ethyl adjacent to an activating group) is 1. The smallest absolute Gasteiger partial charge is 0.191 e. The Hall–Kier alpha value is -0.810. The molecule has 5 heteroatoms. The predicted molar refractivity (Wildman–Crippen MR) is 99.1 cm³/mol. The number of aliphatic imine (C=N–C) groups is 1. The first kappa shape index (κ1) is 20.2. The molecule has 0 amide bonds. The Kier molecular flexibility index (Phi) is 9.56. The van der Waals surface area contributed by atoms with E-state index in [2.05, 4.69) is 41.4 Å². The van der Waals surface area contributed by atoms with Crippen molar-refractivity contribution < 1.29 is 4.74 Å². The molecule has 0 aromatic rings. The normalized spacial score (nSPS) is 19.1. The Morgan fingerprint density at radius 3 is 2.57 bits per heavy atom. The molecule has 5 nitrogen and oxygen atoms in total. The zero-order valence-electron chi connectivity index (χ0n) is 16.0. The van der Waals surface area contributed by atoms with Gasteiger partial charge < -0.3 is 20.3 Å². The molecule has 136 valence electrons. The number of methoxy groups -OCH3 is 1. The third-order valence-electron chi connectivity index (χ3n) is 5.46. The first-order valence-electron chi connectivity index (χ1n) is 9.20. The van der Waals surface area contributed by atoms with Crippen molar-refractivity contribution in [3.63, 3.8) is 0 Å². The first-order chi connectivity index (χ1) is 11.1. The highest BCUT2D eigenvalue weighted by molar-refractivity contribution is 5.79. The van der Waals surface area contributed by atoms with E-state index >= 15 is 0 Å². The highest BCUT2D eigenvalue weighted by atomic mass is 16.5. The van der Waals surface area contributed by atoms with Gasteiger partial charge in [-0.15, -0.1) is 0 Å². The van der Waals surface area contributed by atoms with Crippen LogP contribution in [-0.4, -0.2) is 64.3 Å². The van der Waals surface area contributed by atoms with Crippen molar-refractivity contribution in [2.75, 3.05) is 47.4 Å². The molecule has 0 aliphatic heterocycles. The van der Waals surface area contributed by atoms with Gasteiger partial charge in [0.1, 0.15) is 0 Å². The number of hydrogen-bond donors (Lipinski definition) is 2. The summed E-state index contributed by atoms with van der Waals surface area (Å²) in [5.41, 5.74) is 0.390. The van der Waals surface area contributed by atoms with Crippen LogP contribution < -0.4 is 10.6 Å². The molecule has 0 spiro atoms. The number of guanidine groups is 1. The lowest BCUT2D eigenvalue weighted by Crippen LogP contribution is -2.45. The zero-order valence-corrected chi connectivity index (χ0v) is 16.0. The van der Waals surface area contributed by atoms with Crippen LogP contribution in [0.2, 0.25) is 0 Å². The highest BCUT2D eigenvalue weighted by Crippen LogP contribution is 2.40. The van der Waals surface area contributed by atoms with Gasteiger partial charge in [0.2, 0.25) is 0 Å². The Labute approximate surface area is 143 Å². The average molecular weight is 327 g/mol. The van der Waals surface area contributed by atoms with Crippen molar-refractivity contribution in [2.24, 2.45) is 10.4 Å². The Balaban J connectivity index is 2.35. The summed E-state index contributed by atoms with van der Waals surface area (Å²) in [6.07, 6.45) is 7.62. The lowest BCUT2D eigenvalue weighted by atomic mass is 9.83. The van der Waals surface area contributed by atoms with Gasteiger partial charge in [0, 0.05) is 46.4 Å². The molecule has 0 aromatic heterocycles. The van der Waals surface area contributed by atoms with Crippen molar-refractivity contribution in [3.05, 3.63) is 0 Å². The summed E-state index contributed by atoms with van der Waals surface area (Å²) >= 11 is 0. The number of rotatable bonds is 10. The van der Waals surface area contributed by atoms with Crippen LogP contribution in [-0.2, 0) is 4.74 Å². The summed E-state index contributed by atoms with van der Waals surface area (Å²) in [7, 11) is 5.83. The van der Waals surface area contributed by atoms with Crippen LogP contribution in [0, 0.1) is 5.41 Å². The van der Waals surface area contributed by atoms with Crippen LogP contribution >= 0.6 is 0 Å². The summed E-state index contributed by atoms with van der Waals surface area (Å²) in [6.45, 7) is 8.31. The molecular formula is C18H38N4O. The van der Waals surface area contributed by atoms with E-state index in [9.17, 15) is 0 Å². The number of nitrogens with zero attached hydrogens (tertiary/aromatic N) is 2. The lowest BCUT2D eigenvalue weighted by molar-refractivity contribution is 0.138. The maximum absolute atomic E-state index is 5.31. The minimum atomic E-state index is 0.390. The molecule has 0 aromatic carbocycles. The molecule has 1 unspecified atom stereocenters. The molecule has 0 bridgehead atoms. The number of hydrogen-bond acceptors (Lipinski definition) is 3. The van der Waals surface area contributed by atoms with Crippen molar-refractivity contribution in [3.8, 4) is 0 Å². The van der Waals surface area contributed by atoms with Gasteiger partial charge in [0.25, 0.3) is 0 Å². The van der Waals surface area contributed by atoms with Crippen LogP contribution in [0.1, 0.15) is 52.4 Å². The van der Waals surface area contributed by atoms with Gasteiger partial charge in [-0.05, 0) is 45.1 Å². The molecular weight excluding hydrogens is 288 g/mol. The van der Waals surface area contributed by atoms with Gasteiger partial charge in [-0.1, -0.05) is 19.8 Å². The van der Waals surface area contributed by atoms with Crippen LogP contribution in [0.3, 0.4) is 0 Å². The maximum atomic E-state index is 5.31. The van der Waals surface area contributed by atoms with Gasteiger partial charge in [-0.2, -0.15) is 0 Å². The fourth-order valence-corrected chi connectivity index (χ4v) is 3.33. The minimum absolute atomic E-state index is 0.390. The summed E-state index contributed by atoms with van der Waals surface area (Å²) < 4.78 is 5.31. The Morgan fingerprint density at radius 2 is 2.00 bits per heavy atom. The lowest BCUT2D eigenvalue weighted by Gasteiger charge is -2.30. The van der Waals surface area contributed by atoms with Gasteiger partial charge in [-0.3, -0.25) is 4.99 Å². The molecule has 23 heavy (non-hydrogen) atoms. The maximum Gasteiger partial charge on any atom is 0.191 e. The molecule has 1 fully saturated rings. The second-order valence-corrected chi connectivity index (χ2v) is 7.04. The second kappa shape index (κ2) is 10.9. The number of nitrogens with one attached hydrogen (secondary N) is 2. The zero-order chi connectivity index (χ0) is 17.1. The molecule has 2 N–H and O–H groups in total. The Bertz CT molecular complexity index is 340. The van der Waals surface area contributed by atoms with E-state index in [4.69, 9.17) is 4.74 Å². The topological polar surface area (TPSA) is 48.9 Å². The van der Waals surface area contributed by atoms with E-state index in [1.54, 1.807) is 7.11 Å². The SMILES string of the molecule is CCC(C)N(C)CCNC(=NC)NCC1(CCOC)CCCC1. The quantitative estimate of drug-likeness (QED) is 0.478. The van der Waals surface area contributed by atoms with Crippen LogP contribution in [0.4, 0.5) is 0 Å². The third-order valence-corrected chi connectivity index (χ3v) is 5.46. The van der Waals surface area contributed by atoms with E-state index in [0.29, 0.717) is 11.5 Å². The summed E-state index contributed by atoms with van der Waals surface area (Å²) in [4.78, 5) is 6.75.